The van der Waals surface area contributed by atoms with Gasteiger partial charge in [-0.2, -0.15) is 0 Å². The van der Waals surface area contributed by atoms with E-state index in [9.17, 15) is 0 Å². The molecular formula is C13H23NO. The van der Waals surface area contributed by atoms with Crippen molar-refractivity contribution in [2.45, 2.75) is 45.6 Å². The van der Waals surface area contributed by atoms with E-state index in [1.165, 1.54) is 31.4 Å². The maximum absolute atomic E-state index is 5.79. The fraction of sp³-hybridized carbons (Fsp3) is 0.846. The smallest absolute Gasteiger partial charge is 0.109 e. The SMILES string of the molecule is CCNC(C1=CCCCO1)C(C)C1CC1. The Morgan fingerprint density at radius 3 is 2.87 bits per heavy atom. The summed E-state index contributed by atoms with van der Waals surface area (Å²) in [6.07, 6.45) is 7.48. The number of rotatable bonds is 5. The zero-order chi connectivity index (χ0) is 10.7. The topological polar surface area (TPSA) is 21.3 Å². The second kappa shape index (κ2) is 5.02. The summed E-state index contributed by atoms with van der Waals surface area (Å²) in [7, 11) is 0. The van der Waals surface area contributed by atoms with E-state index >= 15 is 0 Å². The van der Waals surface area contributed by atoms with Gasteiger partial charge in [-0.05, 0) is 50.1 Å². The first-order chi connectivity index (χ1) is 7.33. The average Bonchev–Trinajstić information content (AvgIpc) is 3.10. The minimum absolute atomic E-state index is 0.461. The molecule has 2 heteroatoms. The summed E-state index contributed by atoms with van der Waals surface area (Å²) in [6.45, 7) is 6.48. The molecule has 0 aromatic rings. The summed E-state index contributed by atoms with van der Waals surface area (Å²) in [5.41, 5.74) is 0. The lowest BCUT2D eigenvalue weighted by molar-refractivity contribution is 0.149. The highest BCUT2D eigenvalue weighted by atomic mass is 16.5. The van der Waals surface area contributed by atoms with Crippen molar-refractivity contribution in [3.63, 3.8) is 0 Å². The number of hydrogen-bond acceptors (Lipinski definition) is 2. The van der Waals surface area contributed by atoms with Gasteiger partial charge in [-0.15, -0.1) is 0 Å². The largest absolute Gasteiger partial charge is 0.497 e. The summed E-state index contributed by atoms with van der Waals surface area (Å²) in [5.74, 6) is 2.87. The molecule has 2 unspecified atom stereocenters. The van der Waals surface area contributed by atoms with Crippen LogP contribution in [0.1, 0.15) is 39.5 Å². The van der Waals surface area contributed by atoms with Crippen LogP contribution in [0.25, 0.3) is 0 Å². The highest BCUT2D eigenvalue weighted by Crippen LogP contribution is 2.40. The molecular weight excluding hydrogens is 186 g/mol. The van der Waals surface area contributed by atoms with Crippen molar-refractivity contribution < 1.29 is 4.74 Å². The Labute approximate surface area is 93.1 Å². The lowest BCUT2D eigenvalue weighted by Gasteiger charge is -2.29. The molecule has 0 spiro atoms. The Morgan fingerprint density at radius 2 is 2.33 bits per heavy atom. The lowest BCUT2D eigenvalue weighted by Crippen LogP contribution is -2.39. The number of allylic oxidation sites excluding steroid dienone is 1. The third kappa shape index (κ3) is 2.75. The Balaban J connectivity index is 1.99. The van der Waals surface area contributed by atoms with E-state index < -0.39 is 0 Å². The molecule has 0 aromatic carbocycles. The molecule has 0 saturated heterocycles. The number of ether oxygens (including phenoxy) is 1. The van der Waals surface area contributed by atoms with E-state index in [1.54, 1.807) is 0 Å². The Hall–Kier alpha value is -0.500. The van der Waals surface area contributed by atoms with Gasteiger partial charge in [0, 0.05) is 0 Å². The minimum atomic E-state index is 0.461. The van der Waals surface area contributed by atoms with Crippen LogP contribution in [0.3, 0.4) is 0 Å². The lowest BCUT2D eigenvalue weighted by atomic mass is 9.93. The third-order valence-corrected chi connectivity index (χ3v) is 3.58. The van der Waals surface area contributed by atoms with Crippen LogP contribution in [0.15, 0.2) is 11.8 Å². The van der Waals surface area contributed by atoms with Crippen molar-refractivity contribution in [1.82, 2.24) is 5.32 Å². The average molecular weight is 209 g/mol. The van der Waals surface area contributed by atoms with E-state index in [-0.39, 0.29) is 0 Å². The molecule has 1 saturated carbocycles. The van der Waals surface area contributed by atoms with Crippen molar-refractivity contribution in [3.05, 3.63) is 11.8 Å². The zero-order valence-corrected chi connectivity index (χ0v) is 9.96. The van der Waals surface area contributed by atoms with Crippen LogP contribution in [-0.4, -0.2) is 19.2 Å². The monoisotopic (exact) mass is 209 g/mol. The first kappa shape index (κ1) is 11.0. The van der Waals surface area contributed by atoms with E-state index in [0.717, 1.165) is 25.0 Å². The molecule has 0 bridgehead atoms. The maximum Gasteiger partial charge on any atom is 0.109 e. The molecule has 2 rings (SSSR count). The van der Waals surface area contributed by atoms with E-state index in [1.807, 2.05) is 0 Å². The van der Waals surface area contributed by atoms with Gasteiger partial charge < -0.3 is 10.1 Å². The van der Waals surface area contributed by atoms with Gasteiger partial charge in [-0.3, -0.25) is 0 Å². The molecule has 0 aromatic heterocycles. The van der Waals surface area contributed by atoms with Gasteiger partial charge in [0.15, 0.2) is 0 Å². The number of hydrogen-bond donors (Lipinski definition) is 1. The standard InChI is InChI=1S/C13H23NO/c1-3-14-13(10(2)11-7-8-11)12-6-4-5-9-15-12/h6,10-11,13-14H,3-5,7-9H2,1-2H3. The molecule has 1 N–H and O–H groups in total. The number of nitrogens with one attached hydrogen (secondary N) is 1. The van der Waals surface area contributed by atoms with Crippen molar-refractivity contribution >= 4 is 0 Å². The summed E-state index contributed by atoms with van der Waals surface area (Å²) >= 11 is 0. The Bertz CT molecular complexity index is 233. The highest BCUT2D eigenvalue weighted by Gasteiger charge is 2.35. The maximum atomic E-state index is 5.79. The molecule has 1 heterocycles. The summed E-state index contributed by atoms with van der Waals surface area (Å²) < 4.78 is 5.79. The molecule has 0 radical (unpaired) electrons. The molecule has 1 aliphatic carbocycles. The van der Waals surface area contributed by atoms with Crippen LogP contribution in [0.5, 0.6) is 0 Å². The first-order valence-corrected chi connectivity index (χ1v) is 6.39. The van der Waals surface area contributed by atoms with Crippen LogP contribution in [-0.2, 0) is 4.74 Å². The van der Waals surface area contributed by atoms with Crippen LogP contribution >= 0.6 is 0 Å². The summed E-state index contributed by atoms with van der Waals surface area (Å²) in [4.78, 5) is 0. The van der Waals surface area contributed by atoms with E-state index in [2.05, 4.69) is 25.2 Å². The minimum Gasteiger partial charge on any atom is -0.497 e. The Kier molecular flexibility index (Phi) is 3.68. The fourth-order valence-electron chi connectivity index (χ4n) is 2.45. The van der Waals surface area contributed by atoms with Gasteiger partial charge in [0.05, 0.1) is 12.6 Å². The predicted octanol–water partition coefficient (Wildman–Crippen LogP) is 2.70. The normalized spacial score (nSPS) is 25.3. The highest BCUT2D eigenvalue weighted by molar-refractivity contribution is 5.09. The third-order valence-electron chi connectivity index (χ3n) is 3.58. The van der Waals surface area contributed by atoms with Gasteiger partial charge in [0.2, 0.25) is 0 Å². The molecule has 1 fully saturated rings. The summed E-state index contributed by atoms with van der Waals surface area (Å²) in [5, 5.41) is 3.58. The summed E-state index contributed by atoms with van der Waals surface area (Å²) in [6, 6.07) is 0.461. The van der Waals surface area contributed by atoms with Gasteiger partial charge >= 0.3 is 0 Å². The van der Waals surface area contributed by atoms with Crippen molar-refractivity contribution in [3.8, 4) is 0 Å². The van der Waals surface area contributed by atoms with Gasteiger partial charge in [0.1, 0.15) is 5.76 Å². The van der Waals surface area contributed by atoms with E-state index in [4.69, 9.17) is 4.74 Å². The van der Waals surface area contributed by atoms with Gasteiger partial charge in [-0.1, -0.05) is 13.8 Å². The molecule has 0 amide bonds. The van der Waals surface area contributed by atoms with Crippen molar-refractivity contribution in [2.24, 2.45) is 11.8 Å². The van der Waals surface area contributed by atoms with Crippen LogP contribution < -0.4 is 5.32 Å². The van der Waals surface area contributed by atoms with Gasteiger partial charge in [0.25, 0.3) is 0 Å². The molecule has 15 heavy (non-hydrogen) atoms. The first-order valence-electron chi connectivity index (χ1n) is 6.39. The second-order valence-corrected chi connectivity index (χ2v) is 4.83. The van der Waals surface area contributed by atoms with Crippen LogP contribution in [0.2, 0.25) is 0 Å². The predicted molar refractivity (Wildman–Crippen MR) is 62.6 cm³/mol. The molecule has 86 valence electrons. The quantitative estimate of drug-likeness (QED) is 0.751. The zero-order valence-electron chi connectivity index (χ0n) is 9.96. The van der Waals surface area contributed by atoms with Crippen molar-refractivity contribution in [2.75, 3.05) is 13.2 Å². The van der Waals surface area contributed by atoms with Crippen LogP contribution in [0.4, 0.5) is 0 Å². The van der Waals surface area contributed by atoms with Gasteiger partial charge in [-0.25, -0.2) is 0 Å². The molecule has 2 atom stereocenters. The second-order valence-electron chi connectivity index (χ2n) is 4.83. The molecule has 2 nitrogen and oxygen atoms in total. The van der Waals surface area contributed by atoms with Crippen LogP contribution in [0, 0.1) is 11.8 Å². The molecule has 1 aliphatic heterocycles. The molecule has 2 aliphatic rings. The van der Waals surface area contributed by atoms with E-state index in [0.29, 0.717) is 6.04 Å². The fourth-order valence-corrected chi connectivity index (χ4v) is 2.45. The number of likely N-dealkylation sites (N-methyl/N-ethyl adjacent to an activating group) is 1. The Morgan fingerprint density at radius 1 is 1.53 bits per heavy atom. The van der Waals surface area contributed by atoms with Crippen molar-refractivity contribution in [1.29, 1.82) is 0 Å².